The van der Waals surface area contributed by atoms with Crippen LogP contribution in [0.25, 0.3) is 0 Å². The van der Waals surface area contributed by atoms with Gasteiger partial charge in [0, 0.05) is 17.1 Å². The van der Waals surface area contributed by atoms with Crippen LogP contribution in [-0.4, -0.2) is 64.9 Å². The zero-order valence-electron chi connectivity index (χ0n) is 17.5. The number of methoxy groups -OCH3 is 2. The lowest BCUT2D eigenvalue weighted by atomic mass is 9.60. The molecule has 0 amide bonds. The summed E-state index contributed by atoms with van der Waals surface area (Å²) in [5.41, 5.74) is -1.58. The topological polar surface area (TPSA) is 110 Å². The molecule has 1 fully saturated rings. The Morgan fingerprint density at radius 1 is 1.14 bits per heavy atom. The van der Waals surface area contributed by atoms with Crippen LogP contribution in [0.2, 0.25) is 0 Å². The SMILES string of the molecule is COC(=O)CSCC1=C(C)C(CC(=O)OC)C2(O)C(=O)[C@](C)(O)C3(CC3)C(C)=C12. The van der Waals surface area contributed by atoms with Gasteiger partial charge in [0.1, 0.15) is 5.60 Å². The zero-order chi connectivity index (χ0) is 21.8. The Labute approximate surface area is 174 Å². The van der Waals surface area contributed by atoms with Crippen LogP contribution in [0.3, 0.4) is 0 Å². The van der Waals surface area contributed by atoms with Crippen molar-refractivity contribution >= 4 is 29.5 Å². The summed E-state index contributed by atoms with van der Waals surface area (Å²) in [6.45, 7) is 5.11. The van der Waals surface area contributed by atoms with Gasteiger partial charge in [0.2, 0.25) is 5.78 Å². The second-order valence-corrected chi connectivity index (χ2v) is 9.30. The van der Waals surface area contributed by atoms with Gasteiger partial charge in [-0.3, -0.25) is 14.4 Å². The minimum absolute atomic E-state index is 0.135. The lowest BCUT2D eigenvalue weighted by molar-refractivity contribution is -0.165. The van der Waals surface area contributed by atoms with E-state index in [4.69, 9.17) is 4.74 Å². The average Bonchev–Trinajstić information content (AvgIpc) is 3.47. The molecular weight excluding hydrogens is 396 g/mol. The van der Waals surface area contributed by atoms with Crippen LogP contribution in [0.4, 0.5) is 0 Å². The highest BCUT2D eigenvalue weighted by Gasteiger charge is 2.72. The van der Waals surface area contributed by atoms with E-state index in [1.54, 1.807) is 6.92 Å². The van der Waals surface area contributed by atoms with Crippen molar-refractivity contribution < 1.29 is 34.1 Å². The second-order valence-electron chi connectivity index (χ2n) is 8.31. The largest absolute Gasteiger partial charge is 0.469 e. The molecule has 7 nitrogen and oxygen atoms in total. The highest BCUT2D eigenvalue weighted by Crippen LogP contribution is 2.67. The molecule has 3 aliphatic carbocycles. The van der Waals surface area contributed by atoms with Crippen LogP contribution in [0.15, 0.2) is 22.3 Å². The van der Waals surface area contributed by atoms with E-state index in [9.17, 15) is 24.6 Å². The van der Waals surface area contributed by atoms with Crippen LogP contribution < -0.4 is 0 Å². The molecule has 2 N–H and O–H groups in total. The smallest absolute Gasteiger partial charge is 0.315 e. The lowest BCUT2D eigenvalue weighted by Crippen LogP contribution is -2.63. The highest BCUT2D eigenvalue weighted by atomic mass is 32.2. The number of carbonyl (C=O) groups is 3. The minimum atomic E-state index is -1.99. The van der Waals surface area contributed by atoms with Gasteiger partial charge in [-0.05, 0) is 44.8 Å². The second kappa shape index (κ2) is 7.25. The van der Waals surface area contributed by atoms with Crippen LogP contribution in [-0.2, 0) is 23.9 Å². The fraction of sp³-hybridized carbons (Fsp3) is 0.667. The number of fused-ring (bicyclic) bond motifs is 1. The number of rotatable bonds is 6. The molecule has 0 aromatic heterocycles. The molecule has 0 bridgehead atoms. The van der Waals surface area contributed by atoms with Crippen LogP contribution >= 0.6 is 11.8 Å². The van der Waals surface area contributed by atoms with E-state index in [-0.39, 0.29) is 18.1 Å². The standard InChI is InChI=1S/C21H28O7S/c1-11-13(9-29-10-16(23)28-5)17-12(2)20(6-7-20)19(3,25)18(24)21(17,26)14(11)8-15(22)27-4/h14,25-26H,6-10H2,1-5H3/t14?,19-,21?/m0/s1. The first-order chi connectivity index (χ1) is 13.5. The van der Waals surface area contributed by atoms with Crippen molar-refractivity contribution in [2.45, 2.75) is 51.2 Å². The number of hydrogen-bond donors (Lipinski definition) is 2. The van der Waals surface area contributed by atoms with Crippen LogP contribution in [0, 0.1) is 11.3 Å². The quantitative estimate of drug-likeness (QED) is 0.618. The molecular formula is C21H28O7S. The lowest BCUT2D eigenvalue weighted by Gasteiger charge is -2.47. The first-order valence-corrected chi connectivity index (χ1v) is 10.8. The summed E-state index contributed by atoms with van der Waals surface area (Å²) >= 11 is 1.32. The number of hydrogen-bond acceptors (Lipinski definition) is 8. The number of aliphatic hydroxyl groups is 2. The van der Waals surface area contributed by atoms with Gasteiger partial charge in [-0.25, -0.2) is 0 Å². The Morgan fingerprint density at radius 2 is 1.72 bits per heavy atom. The number of carbonyl (C=O) groups excluding carboxylic acids is 3. The Morgan fingerprint density at radius 3 is 2.24 bits per heavy atom. The summed E-state index contributed by atoms with van der Waals surface area (Å²) in [7, 11) is 2.58. The molecule has 0 radical (unpaired) electrons. The third kappa shape index (κ3) is 2.99. The zero-order valence-corrected chi connectivity index (χ0v) is 18.3. The van der Waals surface area contributed by atoms with Gasteiger partial charge in [0.15, 0.2) is 5.60 Å². The van der Waals surface area contributed by atoms with Crippen molar-refractivity contribution in [1.82, 2.24) is 0 Å². The maximum atomic E-state index is 13.5. The molecule has 160 valence electrons. The third-order valence-electron chi connectivity index (χ3n) is 7.04. The third-order valence-corrected chi connectivity index (χ3v) is 7.97. The van der Waals surface area contributed by atoms with Crippen molar-refractivity contribution in [3.63, 3.8) is 0 Å². The minimum Gasteiger partial charge on any atom is -0.469 e. The fourth-order valence-electron chi connectivity index (χ4n) is 5.12. The van der Waals surface area contributed by atoms with Crippen molar-refractivity contribution in [1.29, 1.82) is 0 Å². The molecule has 3 aliphatic rings. The maximum absolute atomic E-state index is 13.5. The average molecular weight is 425 g/mol. The van der Waals surface area contributed by atoms with E-state index in [0.717, 1.165) is 11.1 Å². The fourth-order valence-corrected chi connectivity index (χ4v) is 6.08. The van der Waals surface area contributed by atoms with Gasteiger partial charge in [0.05, 0.1) is 26.4 Å². The maximum Gasteiger partial charge on any atom is 0.315 e. The molecule has 0 saturated heterocycles. The van der Waals surface area contributed by atoms with E-state index < -0.39 is 34.3 Å². The Bertz CT molecular complexity index is 834. The normalized spacial score (nSPS) is 32.5. The van der Waals surface area contributed by atoms with E-state index in [0.29, 0.717) is 29.7 Å². The van der Waals surface area contributed by atoms with Crippen LogP contribution in [0.1, 0.15) is 40.0 Å². The highest BCUT2D eigenvalue weighted by molar-refractivity contribution is 8.00. The summed E-state index contributed by atoms with van der Waals surface area (Å²) < 4.78 is 9.47. The Hall–Kier alpha value is -1.64. The van der Waals surface area contributed by atoms with Crippen molar-refractivity contribution in [2.24, 2.45) is 11.3 Å². The summed E-state index contributed by atoms with van der Waals surface area (Å²) in [6, 6.07) is 0. The summed E-state index contributed by atoms with van der Waals surface area (Å²) in [5, 5.41) is 22.9. The van der Waals surface area contributed by atoms with Gasteiger partial charge in [0.25, 0.3) is 0 Å². The molecule has 1 spiro atoms. The number of Topliss-reactive ketones (excluding diaryl/α,β-unsaturated/α-hetero) is 1. The number of ketones is 1. The predicted octanol–water partition coefficient (Wildman–Crippen LogP) is 1.56. The van der Waals surface area contributed by atoms with Gasteiger partial charge in [-0.2, -0.15) is 0 Å². The van der Waals surface area contributed by atoms with Gasteiger partial charge in [-0.1, -0.05) is 11.1 Å². The molecule has 2 unspecified atom stereocenters. The van der Waals surface area contributed by atoms with Crippen molar-refractivity contribution in [3.8, 4) is 0 Å². The first kappa shape index (κ1) is 22.1. The van der Waals surface area contributed by atoms with Gasteiger partial charge < -0.3 is 19.7 Å². The van der Waals surface area contributed by atoms with Crippen molar-refractivity contribution in [2.75, 3.05) is 25.7 Å². The molecule has 0 aromatic rings. The first-order valence-electron chi connectivity index (χ1n) is 9.62. The molecule has 0 aliphatic heterocycles. The molecule has 29 heavy (non-hydrogen) atoms. The number of thioether (sulfide) groups is 1. The monoisotopic (exact) mass is 424 g/mol. The predicted molar refractivity (Wildman–Crippen MR) is 107 cm³/mol. The molecule has 8 heteroatoms. The van der Waals surface area contributed by atoms with E-state index >= 15 is 0 Å². The summed E-state index contributed by atoms with van der Waals surface area (Å²) in [5.74, 6) is -1.86. The molecule has 3 rings (SSSR count). The number of ether oxygens (including phenoxy) is 2. The van der Waals surface area contributed by atoms with E-state index in [2.05, 4.69) is 4.74 Å². The van der Waals surface area contributed by atoms with Crippen LogP contribution in [0.5, 0.6) is 0 Å². The molecule has 3 atom stereocenters. The molecule has 1 saturated carbocycles. The molecule has 0 aromatic carbocycles. The number of esters is 2. The Balaban J connectivity index is 2.10. The van der Waals surface area contributed by atoms with E-state index in [1.807, 2.05) is 6.92 Å². The summed E-state index contributed by atoms with van der Waals surface area (Å²) in [4.78, 5) is 37.0. The Kier molecular flexibility index (Phi) is 5.51. The summed E-state index contributed by atoms with van der Waals surface area (Å²) in [6.07, 6.45) is 1.16. The molecule has 0 heterocycles. The van der Waals surface area contributed by atoms with E-state index in [1.165, 1.54) is 32.9 Å². The van der Waals surface area contributed by atoms with Crippen molar-refractivity contribution in [3.05, 3.63) is 22.3 Å². The van der Waals surface area contributed by atoms with Gasteiger partial charge in [-0.15, -0.1) is 11.8 Å². The van der Waals surface area contributed by atoms with Gasteiger partial charge >= 0.3 is 11.9 Å².